The molecule has 0 saturated heterocycles. The molecular formula is C10H12INO. The number of halogens is 1. The lowest BCUT2D eigenvalue weighted by Gasteiger charge is -2.03. The first-order valence-corrected chi connectivity index (χ1v) is 5.67. The molecule has 0 aromatic heterocycles. The second-order valence-electron chi connectivity index (χ2n) is 2.81. The summed E-state index contributed by atoms with van der Waals surface area (Å²) in [5.74, 6) is 0.0142. The molecule has 0 spiro atoms. The molecule has 1 aromatic rings. The van der Waals surface area contributed by atoms with Crippen molar-refractivity contribution in [2.45, 2.75) is 6.92 Å². The molecule has 0 aliphatic carbocycles. The van der Waals surface area contributed by atoms with Crippen molar-refractivity contribution in [1.29, 1.82) is 0 Å². The minimum Gasteiger partial charge on any atom is -0.351 e. The molecule has 0 heterocycles. The fraction of sp³-hybridized carbons (Fsp3) is 0.300. The topological polar surface area (TPSA) is 29.1 Å². The van der Waals surface area contributed by atoms with Gasteiger partial charge in [0.05, 0.1) is 0 Å². The summed E-state index contributed by atoms with van der Waals surface area (Å²) in [6, 6.07) is 7.60. The van der Waals surface area contributed by atoms with Crippen molar-refractivity contribution in [1.82, 2.24) is 5.32 Å². The van der Waals surface area contributed by atoms with Crippen molar-refractivity contribution < 1.29 is 4.79 Å². The second kappa shape index (κ2) is 5.21. The van der Waals surface area contributed by atoms with Gasteiger partial charge in [0.1, 0.15) is 0 Å². The molecule has 0 radical (unpaired) electrons. The van der Waals surface area contributed by atoms with Gasteiger partial charge in [-0.25, -0.2) is 0 Å². The number of rotatable bonds is 3. The second-order valence-corrected chi connectivity index (χ2v) is 3.89. The average molecular weight is 289 g/mol. The summed E-state index contributed by atoms with van der Waals surface area (Å²) in [6.45, 7) is 2.71. The lowest BCUT2D eigenvalue weighted by Crippen LogP contribution is -2.25. The lowest BCUT2D eigenvalue weighted by molar-refractivity contribution is 0.0956. The average Bonchev–Trinajstić information content (AvgIpc) is 2.14. The minimum atomic E-state index is 0.0142. The van der Waals surface area contributed by atoms with E-state index in [-0.39, 0.29) is 5.91 Å². The van der Waals surface area contributed by atoms with Crippen LogP contribution in [0.3, 0.4) is 0 Å². The number of carbonyl (C=O) groups is 1. The SMILES string of the molecule is Cc1cccc(C(=O)NCCI)c1. The summed E-state index contributed by atoms with van der Waals surface area (Å²) < 4.78 is 0.940. The van der Waals surface area contributed by atoms with Crippen LogP contribution >= 0.6 is 22.6 Å². The summed E-state index contributed by atoms with van der Waals surface area (Å²) in [6.07, 6.45) is 0. The monoisotopic (exact) mass is 289 g/mol. The van der Waals surface area contributed by atoms with Gasteiger partial charge in [-0.2, -0.15) is 0 Å². The lowest BCUT2D eigenvalue weighted by atomic mass is 10.1. The van der Waals surface area contributed by atoms with Crippen molar-refractivity contribution in [3.05, 3.63) is 35.4 Å². The Hall–Kier alpha value is -0.580. The van der Waals surface area contributed by atoms with E-state index in [0.29, 0.717) is 0 Å². The first-order valence-electron chi connectivity index (χ1n) is 4.15. The molecule has 0 saturated carbocycles. The van der Waals surface area contributed by atoms with E-state index >= 15 is 0 Å². The molecule has 13 heavy (non-hydrogen) atoms. The largest absolute Gasteiger partial charge is 0.351 e. The summed E-state index contributed by atoms with van der Waals surface area (Å²) in [5.41, 5.74) is 1.85. The van der Waals surface area contributed by atoms with E-state index in [1.54, 1.807) is 0 Å². The molecular weight excluding hydrogens is 277 g/mol. The number of carbonyl (C=O) groups excluding carboxylic acids is 1. The Morgan fingerprint density at radius 1 is 1.54 bits per heavy atom. The van der Waals surface area contributed by atoms with Gasteiger partial charge in [0.25, 0.3) is 5.91 Å². The van der Waals surface area contributed by atoms with Gasteiger partial charge < -0.3 is 5.32 Å². The van der Waals surface area contributed by atoms with Gasteiger partial charge in [-0.3, -0.25) is 4.79 Å². The van der Waals surface area contributed by atoms with E-state index in [4.69, 9.17) is 0 Å². The van der Waals surface area contributed by atoms with Crippen LogP contribution in [-0.4, -0.2) is 16.9 Å². The highest BCUT2D eigenvalue weighted by atomic mass is 127. The molecule has 0 bridgehead atoms. The van der Waals surface area contributed by atoms with Crippen molar-refractivity contribution in [2.75, 3.05) is 11.0 Å². The summed E-state index contributed by atoms with van der Waals surface area (Å²) in [5, 5.41) is 2.83. The molecule has 2 nitrogen and oxygen atoms in total. The van der Waals surface area contributed by atoms with Crippen LogP contribution in [0.5, 0.6) is 0 Å². The molecule has 1 aromatic carbocycles. The molecule has 3 heteroatoms. The normalized spacial score (nSPS) is 9.69. The zero-order valence-corrected chi connectivity index (χ0v) is 9.67. The number of benzene rings is 1. The Kier molecular flexibility index (Phi) is 4.21. The highest BCUT2D eigenvalue weighted by Crippen LogP contribution is 2.03. The third-order valence-corrected chi connectivity index (χ3v) is 2.20. The van der Waals surface area contributed by atoms with Crippen LogP contribution in [0.4, 0.5) is 0 Å². The van der Waals surface area contributed by atoms with Gasteiger partial charge >= 0.3 is 0 Å². The minimum absolute atomic E-state index is 0.0142. The van der Waals surface area contributed by atoms with Crippen molar-refractivity contribution in [2.24, 2.45) is 0 Å². The van der Waals surface area contributed by atoms with Gasteiger partial charge in [0, 0.05) is 16.5 Å². The maximum absolute atomic E-state index is 11.4. The standard InChI is InChI=1S/C10H12INO/c1-8-3-2-4-9(7-8)10(13)12-6-5-11/h2-4,7H,5-6H2,1H3,(H,12,13). The van der Waals surface area contributed by atoms with Gasteiger partial charge in [0.2, 0.25) is 0 Å². The molecule has 0 aliphatic rings. The molecule has 1 amide bonds. The summed E-state index contributed by atoms with van der Waals surface area (Å²) in [7, 11) is 0. The van der Waals surface area contributed by atoms with E-state index in [1.807, 2.05) is 31.2 Å². The van der Waals surface area contributed by atoms with E-state index in [2.05, 4.69) is 27.9 Å². The zero-order chi connectivity index (χ0) is 9.68. The van der Waals surface area contributed by atoms with Crippen molar-refractivity contribution in [3.8, 4) is 0 Å². The first-order chi connectivity index (χ1) is 6.24. The Morgan fingerprint density at radius 3 is 2.92 bits per heavy atom. The van der Waals surface area contributed by atoms with Gasteiger partial charge in [-0.1, -0.05) is 40.3 Å². The van der Waals surface area contributed by atoms with Crippen LogP contribution in [0.15, 0.2) is 24.3 Å². The van der Waals surface area contributed by atoms with Crippen LogP contribution in [-0.2, 0) is 0 Å². The maximum atomic E-state index is 11.4. The summed E-state index contributed by atoms with van der Waals surface area (Å²) >= 11 is 2.23. The van der Waals surface area contributed by atoms with Crippen LogP contribution < -0.4 is 5.32 Å². The number of amides is 1. The predicted octanol–water partition coefficient (Wildman–Crippen LogP) is 2.16. The number of alkyl halides is 1. The van der Waals surface area contributed by atoms with Crippen LogP contribution in [0.25, 0.3) is 0 Å². The Bertz CT molecular complexity index is 299. The predicted molar refractivity (Wildman–Crippen MR) is 62.4 cm³/mol. The van der Waals surface area contributed by atoms with E-state index in [9.17, 15) is 4.79 Å². The maximum Gasteiger partial charge on any atom is 0.251 e. The van der Waals surface area contributed by atoms with Gasteiger partial charge in [-0.15, -0.1) is 0 Å². The quantitative estimate of drug-likeness (QED) is 0.670. The third kappa shape index (κ3) is 3.34. The molecule has 1 rings (SSSR count). The van der Waals surface area contributed by atoms with Crippen LogP contribution in [0.1, 0.15) is 15.9 Å². The molecule has 0 aliphatic heterocycles. The molecule has 0 fully saturated rings. The molecule has 1 N–H and O–H groups in total. The van der Waals surface area contributed by atoms with Gasteiger partial charge in [0.15, 0.2) is 0 Å². The van der Waals surface area contributed by atoms with Crippen molar-refractivity contribution in [3.63, 3.8) is 0 Å². The summed E-state index contributed by atoms with van der Waals surface area (Å²) in [4.78, 5) is 11.4. The molecule has 70 valence electrons. The molecule has 0 atom stereocenters. The molecule has 0 unspecified atom stereocenters. The Morgan fingerprint density at radius 2 is 2.31 bits per heavy atom. The van der Waals surface area contributed by atoms with Gasteiger partial charge in [-0.05, 0) is 19.1 Å². The smallest absolute Gasteiger partial charge is 0.251 e. The highest BCUT2D eigenvalue weighted by Gasteiger charge is 2.02. The third-order valence-electron chi connectivity index (χ3n) is 1.66. The Balaban J connectivity index is 2.66. The van der Waals surface area contributed by atoms with E-state index < -0.39 is 0 Å². The van der Waals surface area contributed by atoms with E-state index in [1.165, 1.54) is 0 Å². The fourth-order valence-electron chi connectivity index (χ4n) is 1.05. The highest BCUT2D eigenvalue weighted by molar-refractivity contribution is 14.1. The number of hydrogen-bond acceptors (Lipinski definition) is 1. The number of aryl methyl sites for hydroxylation is 1. The van der Waals surface area contributed by atoms with Crippen LogP contribution in [0.2, 0.25) is 0 Å². The van der Waals surface area contributed by atoms with Crippen LogP contribution in [0, 0.1) is 6.92 Å². The first kappa shape index (κ1) is 10.5. The van der Waals surface area contributed by atoms with E-state index in [0.717, 1.165) is 22.1 Å². The Labute approximate surface area is 91.9 Å². The number of nitrogens with one attached hydrogen (secondary N) is 1. The number of hydrogen-bond donors (Lipinski definition) is 1. The van der Waals surface area contributed by atoms with Crippen molar-refractivity contribution >= 4 is 28.5 Å². The zero-order valence-electron chi connectivity index (χ0n) is 7.51. The fourth-order valence-corrected chi connectivity index (χ4v) is 1.32.